The number of nitrogens with one attached hydrogen (secondary N) is 1. The Kier molecular flexibility index (Phi) is 6.49. The number of benzene rings is 3. The van der Waals surface area contributed by atoms with E-state index < -0.39 is 11.0 Å². The zero-order chi connectivity index (χ0) is 24.3. The lowest BCUT2D eigenvalue weighted by molar-refractivity contribution is 0.0782. The molecular formula is C29H33N3O2. The SMILES string of the molecule is COc1cccc(NC(C(=O)c2cn(CCN)c3ccccc23)(c2ccccc2)C(C)(C)C)c1. The highest BCUT2D eigenvalue weighted by Gasteiger charge is 2.51. The van der Waals surface area contributed by atoms with Gasteiger partial charge in [0.2, 0.25) is 0 Å². The first kappa shape index (κ1) is 23.6. The highest BCUT2D eigenvalue weighted by molar-refractivity contribution is 6.14. The number of fused-ring (bicyclic) bond motifs is 1. The second kappa shape index (κ2) is 9.35. The van der Waals surface area contributed by atoms with Gasteiger partial charge in [0, 0.05) is 47.5 Å². The standard InChI is InChI=1S/C29H33N3O2/c1-28(2,3)29(21-11-6-5-7-12-21,31-22-13-10-14-23(19-22)34-4)27(33)25-20-32(18-17-30)26-16-9-8-15-24(25)26/h5-16,19-20,31H,17-18,30H2,1-4H3. The zero-order valence-corrected chi connectivity index (χ0v) is 20.3. The van der Waals surface area contributed by atoms with Gasteiger partial charge in [-0.3, -0.25) is 4.79 Å². The van der Waals surface area contributed by atoms with Gasteiger partial charge in [0.15, 0.2) is 5.78 Å². The van der Waals surface area contributed by atoms with E-state index in [2.05, 4.69) is 30.7 Å². The van der Waals surface area contributed by atoms with Crippen LogP contribution in [0, 0.1) is 5.41 Å². The maximum Gasteiger partial charge on any atom is 0.195 e. The summed E-state index contributed by atoms with van der Waals surface area (Å²) in [6, 6.07) is 25.7. The number of carbonyl (C=O) groups is 1. The lowest BCUT2D eigenvalue weighted by Crippen LogP contribution is -2.53. The number of anilines is 1. The monoisotopic (exact) mass is 455 g/mol. The summed E-state index contributed by atoms with van der Waals surface area (Å²) in [6.45, 7) is 7.45. The zero-order valence-electron chi connectivity index (χ0n) is 20.3. The summed E-state index contributed by atoms with van der Waals surface area (Å²) < 4.78 is 7.53. The van der Waals surface area contributed by atoms with E-state index >= 15 is 0 Å². The third kappa shape index (κ3) is 4.08. The molecule has 0 bridgehead atoms. The van der Waals surface area contributed by atoms with Gasteiger partial charge in [-0.25, -0.2) is 0 Å². The molecule has 0 aliphatic rings. The number of aromatic nitrogens is 1. The molecule has 34 heavy (non-hydrogen) atoms. The molecule has 3 aromatic carbocycles. The van der Waals surface area contributed by atoms with E-state index in [1.807, 2.05) is 85.1 Å². The molecule has 176 valence electrons. The van der Waals surface area contributed by atoms with E-state index in [0.717, 1.165) is 27.9 Å². The number of para-hydroxylation sites is 1. The first-order valence-electron chi connectivity index (χ1n) is 11.6. The Morgan fingerprint density at radius 2 is 1.68 bits per heavy atom. The Morgan fingerprint density at radius 3 is 2.35 bits per heavy atom. The van der Waals surface area contributed by atoms with Gasteiger partial charge < -0.3 is 20.4 Å². The summed E-state index contributed by atoms with van der Waals surface area (Å²) in [6.07, 6.45) is 1.95. The molecule has 3 N–H and O–H groups in total. The van der Waals surface area contributed by atoms with Crippen LogP contribution in [0.3, 0.4) is 0 Å². The van der Waals surface area contributed by atoms with Crippen LogP contribution in [0.15, 0.2) is 85.1 Å². The van der Waals surface area contributed by atoms with E-state index in [0.29, 0.717) is 18.7 Å². The molecule has 0 aliphatic carbocycles. The molecule has 0 amide bonds. The number of rotatable bonds is 8. The summed E-state index contributed by atoms with van der Waals surface area (Å²) in [5.74, 6) is 0.744. The van der Waals surface area contributed by atoms with E-state index in [9.17, 15) is 4.79 Å². The molecule has 0 aliphatic heterocycles. The van der Waals surface area contributed by atoms with E-state index in [1.54, 1.807) is 7.11 Å². The fraction of sp³-hybridized carbons (Fsp3) is 0.276. The number of carbonyl (C=O) groups excluding carboxylic acids is 1. The third-order valence-corrected chi connectivity index (χ3v) is 6.48. The van der Waals surface area contributed by atoms with E-state index in [-0.39, 0.29) is 5.78 Å². The van der Waals surface area contributed by atoms with E-state index in [4.69, 9.17) is 10.5 Å². The number of Topliss-reactive ketones (excluding diaryl/α,β-unsaturated/α-hetero) is 1. The lowest BCUT2D eigenvalue weighted by atomic mass is 9.65. The molecule has 0 spiro atoms. The van der Waals surface area contributed by atoms with Gasteiger partial charge in [-0.2, -0.15) is 0 Å². The summed E-state index contributed by atoms with van der Waals surface area (Å²) in [5, 5.41) is 4.59. The van der Waals surface area contributed by atoms with Crippen LogP contribution in [0.25, 0.3) is 10.9 Å². The van der Waals surface area contributed by atoms with Crippen LogP contribution in [0.4, 0.5) is 5.69 Å². The summed E-state index contributed by atoms with van der Waals surface area (Å²) in [7, 11) is 1.64. The van der Waals surface area contributed by atoms with Crippen LogP contribution in [-0.2, 0) is 12.1 Å². The minimum absolute atomic E-state index is 0.0148. The molecule has 5 heteroatoms. The smallest absolute Gasteiger partial charge is 0.195 e. The minimum atomic E-state index is -1.04. The average molecular weight is 456 g/mol. The number of ether oxygens (including phenoxy) is 1. The van der Waals surface area contributed by atoms with Gasteiger partial charge in [0.1, 0.15) is 11.3 Å². The molecule has 1 atom stereocenters. The van der Waals surface area contributed by atoms with Crippen molar-refractivity contribution in [2.45, 2.75) is 32.9 Å². The van der Waals surface area contributed by atoms with Crippen LogP contribution in [0.1, 0.15) is 36.7 Å². The number of methoxy groups -OCH3 is 1. The van der Waals surface area contributed by atoms with Crippen LogP contribution in [0.2, 0.25) is 0 Å². The van der Waals surface area contributed by atoms with Crippen molar-refractivity contribution in [1.29, 1.82) is 0 Å². The largest absolute Gasteiger partial charge is 0.497 e. The van der Waals surface area contributed by atoms with Gasteiger partial charge in [-0.1, -0.05) is 75.4 Å². The molecule has 4 aromatic rings. The lowest BCUT2D eigenvalue weighted by Gasteiger charge is -2.45. The number of nitrogens with two attached hydrogens (primary N) is 1. The number of nitrogens with zero attached hydrogens (tertiary/aromatic N) is 1. The Hall–Kier alpha value is -3.57. The van der Waals surface area contributed by atoms with Crippen molar-refractivity contribution in [2.24, 2.45) is 11.1 Å². The molecule has 5 nitrogen and oxygen atoms in total. The molecular weight excluding hydrogens is 422 g/mol. The van der Waals surface area contributed by atoms with Gasteiger partial charge in [0.05, 0.1) is 7.11 Å². The average Bonchev–Trinajstić information content (AvgIpc) is 3.21. The molecule has 0 fully saturated rings. The van der Waals surface area contributed by atoms with Gasteiger partial charge in [-0.05, 0) is 29.2 Å². The number of hydrogen-bond acceptors (Lipinski definition) is 4. The molecule has 1 unspecified atom stereocenters. The first-order chi connectivity index (χ1) is 16.3. The molecule has 1 aromatic heterocycles. The summed E-state index contributed by atoms with van der Waals surface area (Å²) in [4.78, 5) is 14.8. The Morgan fingerprint density at radius 1 is 0.971 bits per heavy atom. The maximum atomic E-state index is 14.8. The minimum Gasteiger partial charge on any atom is -0.497 e. The van der Waals surface area contributed by atoms with Crippen molar-refractivity contribution in [1.82, 2.24) is 4.57 Å². The molecule has 1 heterocycles. The summed E-state index contributed by atoms with van der Waals surface area (Å²) >= 11 is 0. The Labute approximate surface area is 201 Å². The fourth-order valence-corrected chi connectivity index (χ4v) is 4.78. The molecule has 4 rings (SSSR count). The van der Waals surface area contributed by atoms with Crippen LogP contribution in [-0.4, -0.2) is 24.0 Å². The van der Waals surface area contributed by atoms with Crippen molar-refractivity contribution >= 4 is 22.4 Å². The van der Waals surface area contributed by atoms with Crippen molar-refractivity contribution in [3.63, 3.8) is 0 Å². The summed E-state index contributed by atoms with van der Waals surface area (Å²) in [5.41, 5.74) is 7.77. The Bertz CT molecular complexity index is 1290. The predicted octanol–water partition coefficient (Wildman–Crippen LogP) is 5.85. The van der Waals surface area contributed by atoms with Crippen LogP contribution >= 0.6 is 0 Å². The quantitative estimate of drug-likeness (QED) is 0.327. The first-order valence-corrected chi connectivity index (χ1v) is 11.6. The molecule has 0 radical (unpaired) electrons. The van der Waals surface area contributed by atoms with Gasteiger partial charge in [0.25, 0.3) is 0 Å². The third-order valence-electron chi connectivity index (χ3n) is 6.48. The normalized spacial score (nSPS) is 13.4. The topological polar surface area (TPSA) is 69.3 Å². The van der Waals surface area contributed by atoms with Gasteiger partial charge in [-0.15, -0.1) is 0 Å². The van der Waals surface area contributed by atoms with Crippen LogP contribution < -0.4 is 15.8 Å². The maximum absolute atomic E-state index is 14.8. The van der Waals surface area contributed by atoms with Crippen molar-refractivity contribution < 1.29 is 9.53 Å². The molecule has 0 saturated heterocycles. The molecule has 0 saturated carbocycles. The second-order valence-electron chi connectivity index (χ2n) is 9.59. The predicted molar refractivity (Wildman–Crippen MR) is 140 cm³/mol. The Balaban J connectivity index is 1.98. The van der Waals surface area contributed by atoms with Crippen molar-refractivity contribution in [3.8, 4) is 5.75 Å². The highest BCUT2D eigenvalue weighted by atomic mass is 16.5. The van der Waals surface area contributed by atoms with Crippen molar-refractivity contribution in [3.05, 3.63) is 96.2 Å². The highest BCUT2D eigenvalue weighted by Crippen LogP contribution is 2.46. The fourth-order valence-electron chi connectivity index (χ4n) is 4.78. The van der Waals surface area contributed by atoms with Crippen LogP contribution in [0.5, 0.6) is 5.75 Å². The van der Waals surface area contributed by atoms with Gasteiger partial charge >= 0.3 is 0 Å². The van der Waals surface area contributed by atoms with Crippen molar-refractivity contribution in [2.75, 3.05) is 19.0 Å². The van der Waals surface area contributed by atoms with E-state index in [1.165, 1.54) is 0 Å². The number of hydrogen-bond donors (Lipinski definition) is 2. The second-order valence-corrected chi connectivity index (χ2v) is 9.59. The number of ketones is 1.